The van der Waals surface area contributed by atoms with Crippen LogP contribution in [0.3, 0.4) is 0 Å². The highest BCUT2D eigenvalue weighted by atomic mass is 19.4. The number of methoxy groups -OCH3 is 2. The molecule has 8 aromatic rings. The molecule has 0 bridgehead atoms. The molecular weight excluding hydrogens is 1840 g/mol. The van der Waals surface area contributed by atoms with Gasteiger partial charge in [0.2, 0.25) is 0 Å². The first-order valence-corrected chi connectivity index (χ1v) is 47.2. The predicted octanol–water partition coefficient (Wildman–Crippen LogP) is 37.1. The Morgan fingerprint density at radius 1 is 0.354 bits per heavy atom. The lowest BCUT2D eigenvalue weighted by Gasteiger charge is -2.22. The van der Waals surface area contributed by atoms with Crippen molar-refractivity contribution < 1.29 is 108 Å². The van der Waals surface area contributed by atoms with Crippen LogP contribution in [0.2, 0.25) is 0 Å². The third kappa shape index (κ3) is 50.9. The lowest BCUT2D eigenvalue weighted by atomic mass is 9.89. The van der Waals surface area contributed by atoms with Gasteiger partial charge in [0.15, 0.2) is 18.9 Å². The van der Waals surface area contributed by atoms with Crippen LogP contribution in [-0.4, -0.2) is 106 Å². The number of carbonyl (C=O) groups excluding carboxylic acids is 3. The fourth-order valence-corrected chi connectivity index (χ4v) is 14.3. The molecule has 9 rings (SSSR count). The van der Waals surface area contributed by atoms with E-state index in [9.17, 15) is 56.0 Å². The van der Waals surface area contributed by atoms with Gasteiger partial charge in [-0.05, 0) is 280 Å². The second-order valence-corrected chi connectivity index (χ2v) is 34.6. The van der Waals surface area contributed by atoms with Gasteiger partial charge in [-0.15, -0.1) is 0 Å². The molecule has 1 aliphatic rings. The van der Waals surface area contributed by atoms with E-state index in [0.29, 0.717) is 108 Å². The van der Waals surface area contributed by atoms with Crippen LogP contribution in [-0.2, 0) is 58.4 Å². The minimum absolute atomic E-state index is 0. The minimum atomic E-state index is -4.93. The number of benzene rings is 8. The third-order valence-electron chi connectivity index (χ3n) is 24.1. The molecule has 0 heterocycles. The zero-order valence-corrected chi connectivity index (χ0v) is 83.0. The Labute approximate surface area is 872 Å². The summed E-state index contributed by atoms with van der Waals surface area (Å²) < 4.78 is 138. The molecule has 0 aliphatic heterocycles. The molecule has 144 heavy (non-hydrogen) atoms. The maximum absolute atomic E-state index is 12.9. The monoisotopic (exact) mass is 2040 g/mol. The van der Waals surface area contributed by atoms with Crippen molar-refractivity contribution in [3.05, 3.63) is 235 Å². The molecule has 17 nitrogen and oxygen atoms in total. The molecule has 0 saturated heterocycles. The smallest absolute Gasteiger partial charge is 0.416 e. The molecule has 1 fully saturated rings. The normalized spacial score (nSPS) is 12.9. The van der Waals surface area contributed by atoms with Gasteiger partial charge in [-0.3, -0.25) is 4.79 Å². The molecule has 23 heteroatoms. The van der Waals surface area contributed by atoms with Crippen LogP contribution in [0.15, 0.2) is 146 Å². The number of phenolic OH excluding ortho intramolecular Hbond substituents is 3. The van der Waals surface area contributed by atoms with Crippen molar-refractivity contribution >= 4 is 17.9 Å². The number of esters is 3. The number of hydrogen-bond donors (Lipinski definition) is 3. The summed E-state index contributed by atoms with van der Waals surface area (Å²) >= 11 is 0. The van der Waals surface area contributed by atoms with Crippen LogP contribution >= 0.6 is 0 Å². The van der Waals surface area contributed by atoms with E-state index >= 15 is 0 Å². The summed E-state index contributed by atoms with van der Waals surface area (Å²) in [6.07, 6.45) is 2.01. The number of hydrogen-bond acceptors (Lipinski definition) is 17. The van der Waals surface area contributed by atoms with Gasteiger partial charge in [0.05, 0.1) is 51.1 Å². The van der Waals surface area contributed by atoms with Crippen molar-refractivity contribution in [3.8, 4) is 46.0 Å². The van der Waals surface area contributed by atoms with Crippen LogP contribution in [0.1, 0.15) is 451 Å². The molecule has 0 amide bonds. The maximum Gasteiger partial charge on any atom is 0.416 e. The molecule has 828 valence electrons. The van der Waals surface area contributed by atoms with Crippen molar-refractivity contribution in [1.29, 1.82) is 0 Å². The van der Waals surface area contributed by atoms with Crippen LogP contribution in [0.25, 0.3) is 0 Å². The average molecular weight is 2040 g/mol. The Morgan fingerprint density at radius 2 is 0.688 bits per heavy atom. The number of ether oxygens (including phenoxy) is 11. The minimum Gasteiger partial charge on any atom is -0.508 e. The number of aromatic hydroxyl groups is 3. The SMILES string of the molecule is C.C.C.C.C.C.C.C.C.C.C.C.CCC(C)c1ccc(O)c(C(=O)OC)c1.CCC(C)c1ccc(O)c(C(C)C)c1.CCC(C)c1ccc(OC(C)OCCOC(=O)C2CCCCC2)c(C(C)C)c1.CCC(C)c1ccc(OC(C)OCCOc2c(C)cccc2C)c(C(=O)OC)c1.CCc1cc(C(C)CC)ccc1O.CCc1cc(C(C)CC)ccc1OC(C)OCCOc1cc(C(F)(F)F)cc(C(F)(F)F)c1. The van der Waals surface area contributed by atoms with E-state index in [1.807, 2.05) is 94.4 Å². The number of halogens is 6. The first-order chi connectivity index (χ1) is 62.5. The second-order valence-electron chi connectivity index (χ2n) is 34.6. The van der Waals surface area contributed by atoms with Crippen LogP contribution < -0.4 is 23.7 Å². The molecule has 9 atom stereocenters. The van der Waals surface area contributed by atoms with Crippen LogP contribution in [0, 0.1) is 19.8 Å². The summed E-state index contributed by atoms with van der Waals surface area (Å²) in [6, 6.07) is 42.2. The Hall–Kier alpha value is -9.97. The predicted molar refractivity (Wildman–Crippen MR) is 595 cm³/mol. The zero-order valence-electron chi connectivity index (χ0n) is 83.0. The molecule has 9 unspecified atom stereocenters. The van der Waals surface area contributed by atoms with Gasteiger partial charge in [-0.25, -0.2) is 9.59 Å². The molecule has 1 saturated carbocycles. The van der Waals surface area contributed by atoms with Gasteiger partial charge in [-0.1, -0.05) is 312 Å². The standard InChI is InChI=1S/C24H28F6O3.C24H32O5.C24H38O4.C13H20O.C12H16O3.C12H18O.12CH4/c1-5-15(3)18-7-8-22(17(6-2)11-18)33-16(4)31-9-10-32-21-13-19(23(25,26)27)12-20(14-21)24(28,29)30;1-7-16(2)20-11-12-22(21(15-20)24(25)26-6)29-19(5)27-13-14-28-23-17(3)9-8-10-18(23)4;1-6-18(4)21-12-13-23(22(16-21)17(2)3)28-19(5)26-14-15-27-24(25)20-10-8-7-9-11-20;1-5-10(4)11-6-7-13(14)12(8-11)9(2)3;1-4-8(2)9-5-6-11(13)10(7-9)12(14)15-3;1-4-9(3)11-6-7-12(13)10(5-2)8-11;;;;;;;;;;;;/h7-8,11-16H,5-6,9-10H2,1-4H3;8-12,15-16,19H,7,13-14H2,1-6H3;12-13,16-20H,6-11,14-15H2,1-5H3;6-10,14H,5H2,1-4H3;5-8,13H,4H2,1-3H3;6-9,13H,4-5H2,1-3H3;12*1H4. The Morgan fingerprint density at radius 3 is 1.09 bits per heavy atom. The van der Waals surface area contributed by atoms with Gasteiger partial charge >= 0.3 is 30.3 Å². The number of para-hydroxylation sites is 1. The maximum atomic E-state index is 12.9. The number of phenols is 3. The first-order valence-electron chi connectivity index (χ1n) is 47.2. The highest BCUT2D eigenvalue weighted by Gasteiger charge is 2.38. The zero-order chi connectivity index (χ0) is 98.7. The second kappa shape index (κ2) is 77.5. The van der Waals surface area contributed by atoms with Crippen LogP contribution in [0.4, 0.5) is 26.3 Å². The van der Waals surface area contributed by atoms with E-state index in [4.69, 9.17) is 47.4 Å². The number of carbonyl (C=O) groups is 3. The van der Waals surface area contributed by atoms with Crippen molar-refractivity contribution in [2.45, 2.75) is 410 Å². The van der Waals surface area contributed by atoms with Crippen molar-refractivity contribution in [2.24, 2.45) is 5.92 Å². The highest BCUT2D eigenvalue weighted by Crippen LogP contribution is 2.41. The highest BCUT2D eigenvalue weighted by molar-refractivity contribution is 5.93. The van der Waals surface area contributed by atoms with Gasteiger partial charge < -0.3 is 67.4 Å². The third-order valence-corrected chi connectivity index (χ3v) is 24.1. The molecular formula is C121H200F6O17. The van der Waals surface area contributed by atoms with Gasteiger partial charge in [0.25, 0.3) is 0 Å². The largest absolute Gasteiger partial charge is 0.508 e. The van der Waals surface area contributed by atoms with E-state index in [-0.39, 0.29) is 144 Å². The van der Waals surface area contributed by atoms with Gasteiger partial charge in [0, 0.05) is 0 Å². The van der Waals surface area contributed by atoms with Crippen molar-refractivity contribution in [3.63, 3.8) is 0 Å². The summed E-state index contributed by atoms with van der Waals surface area (Å²) in [5.41, 5.74) is 11.6. The summed E-state index contributed by atoms with van der Waals surface area (Å²) in [5.74, 6) is 5.84. The number of aryl methyl sites for hydroxylation is 4. The first kappa shape index (κ1) is 152. The van der Waals surface area contributed by atoms with Gasteiger partial charge in [-0.2, -0.15) is 26.3 Å². The van der Waals surface area contributed by atoms with Gasteiger partial charge in [0.1, 0.15) is 76.9 Å². The molecule has 0 spiro atoms. The van der Waals surface area contributed by atoms with Crippen LogP contribution in [0.5, 0.6) is 46.0 Å². The number of rotatable bonds is 39. The fourth-order valence-electron chi connectivity index (χ4n) is 14.3. The Bertz CT molecular complexity index is 4700. The molecule has 0 radical (unpaired) electrons. The summed E-state index contributed by atoms with van der Waals surface area (Å²) in [6.45, 7) is 49.0. The summed E-state index contributed by atoms with van der Waals surface area (Å²) in [7, 11) is 2.67. The summed E-state index contributed by atoms with van der Waals surface area (Å²) in [4.78, 5) is 35.6. The van der Waals surface area contributed by atoms with Crippen molar-refractivity contribution in [2.75, 3.05) is 53.9 Å². The molecule has 3 N–H and O–H groups in total. The Kier molecular flexibility index (Phi) is 81.6. The van der Waals surface area contributed by atoms with E-state index in [0.717, 1.165) is 127 Å². The van der Waals surface area contributed by atoms with E-state index in [2.05, 4.69) is 159 Å². The summed E-state index contributed by atoms with van der Waals surface area (Å²) in [5, 5.41) is 28.6. The Balaban J connectivity index is -0.000000220. The van der Waals surface area contributed by atoms with E-state index in [1.165, 1.54) is 54.5 Å². The topological polar surface area (TPSA) is 213 Å². The molecule has 0 aromatic heterocycles. The lowest BCUT2D eigenvalue weighted by molar-refractivity contribution is -0.154. The lowest BCUT2D eigenvalue weighted by Crippen LogP contribution is -2.24. The molecule has 8 aromatic carbocycles. The number of alkyl halides is 6. The van der Waals surface area contributed by atoms with E-state index < -0.39 is 53.7 Å². The fraction of sp³-hybridized carbons (Fsp3) is 0.579. The molecule has 1 aliphatic carbocycles. The average Bonchev–Trinajstić information content (AvgIpc) is 0.808. The quantitative estimate of drug-likeness (QED) is 0.0107. The van der Waals surface area contributed by atoms with E-state index in [1.54, 1.807) is 32.0 Å². The van der Waals surface area contributed by atoms with Crippen molar-refractivity contribution in [1.82, 2.24) is 0 Å².